The van der Waals surface area contributed by atoms with Crippen LogP contribution in [0.4, 0.5) is 5.69 Å². The van der Waals surface area contributed by atoms with Gasteiger partial charge in [-0.05, 0) is 47.4 Å². The number of hydrogen-bond acceptors (Lipinski definition) is 8. The maximum atomic E-state index is 13.6. The summed E-state index contributed by atoms with van der Waals surface area (Å²) >= 11 is 0. The number of methoxy groups -OCH3 is 2. The Morgan fingerprint density at radius 2 is 1.56 bits per heavy atom. The number of benzene rings is 3. The molecule has 0 aromatic heterocycles. The van der Waals surface area contributed by atoms with E-state index in [-0.39, 0.29) is 37.6 Å². The van der Waals surface area contributed by atoms with Gasteiger partial charge < -0.3 is 34.9 Å². The lowest BCUT2D eigenvalue weighted by Gasteiger charge is -2.30. The maximum Gasteiger partial charge on any atom is 0.305 e. The number of carbonyl (C=O) groups excluding carboxylic acids is 3. The van der Waals surface area contributed by atoms with Crippen LogP contribution in [0, 0.1) is 6.92 Å². The van der Waals surface area contributed by atoms with E-state index in [4.69, 9.17) is 14.2 Å². The van der Waals surface area contributed by atoms with Crippen molar-refractivity contribution in [2.24, 2.45) is 0 Å². The summed E-state index contributed by atoms with van der Waals surface area (Å²) in [5.74, 6) is -1.08. The van der Waals surface area contributed by atoms with Gasteiger partial charge in [-0.2, -0.15) is 0 Å². The molecule has 1 heterocycles. The summed E-state index contributed by atoms with van der Waals surface area (Å²) in [5.41, 5.74) is 3.82. The highest BCUT2D eigenvalue weighted by Crippen LogP contribution is 2.31. The maximum absolute atomic E-state index is 13.6. The SMILES string of the molecule is COc1ccc([C@H](CC(=O)O)NC(=O)CN(CCN2CCOCC2)C(=O)Cc2ccc(CC(=O)Nc3ccccc3C)cc2)cc1OC. The molecule has 0 saturated carbocycles. The fourth-order valence-corrected chi connectivity index (χ4v) is 5.44. The molecule has 0 radical (unpaired) electrons. The highest BCUT2D eigenvalue weighted by atomic mass is 16.5. The number of morpholine rings is 1. The summed E-state index contributed by atoms with van der Waals surface area (Å²) in [6.45, 7) is 5.22. The van der Waals surface area contributed by atoms with Crippen molar-refractivity contribution in [3.8, 4) is 11.5 Å². The topological polar surface area (TPSA) is 147 Å². The van der Waals surface area contributed by atoms with Crippen LogP contribution in [-0.2, 0) is 36.8 Å². The summed E-state index contributed by atoms with van der Waals surface area (Å²) in [4.78, 5) is 55.0. The van der Waals surface area contributed by atoms with E-state index in [9.17, 15) is 24.3 Å². The summed E-state index contributed by atoms with van der Waals surface area (Å²) < 4.78 is 16.1. The second-order valence-corrected chi connectivity index (χ2v) is 11.6. The van der Waals surface area contributed by atoms with Gasteiger partial charge >= 0.3 is 5.97 Å². The quantitative estimate of drug-likeness (QED) is 0.211. The first-order chi connectivity index (χ1) is 23.1. The summed E-state index contributed by atoms with van der Waals surface area (Å²) in [7, 11) is 2.97. The number of aliphatic carboxylic acids is 1. The first-order valence-electron chi connectivity index (χ1n) is 15.9. The van der Waals surface area contributed by atoms with Crippen LogP contribution in [-0.4, -0.2) is 98.8 Å². The zero-order valence-corrected chi connectivity index (χ0v) is 27.7. The number of nitrogens with zero attached hydrogens (tertiary/aromatic N) is 2. The standard InChI is InChI=1S/C36H44N4O8/c1-25-6-4-5-7-29(25)37-33(41)20-26-8-10-27(11-9-26)21-35(43)40(15-14-39-16-18-48-19-17-39)24-34(42)38-30(23-36(44)45)28-12-13-31(46-2)32(22-28)47-3/h4-13,22,30H,14-21,23-24H2,1-3H3,(H,37,41)(H,38,42)(H,44,45)/t30-/m0/s1. The number of para-hydroxylation sites is 1. The average molecular weight is 661 g/mol. The van der Waals surface area contributed by atoms with Crippen molar-refractivity contribution < 1.29 is 38.5 Å². The zero-order chi connectivity index (χ0) is 34.5. The normalized spacial score (nSPS) is 13.6. The second-order valence-electron chi connectivity index (χ2n) is 11.6. The molecule has 256 valence electrons. The van der Waals surface area contributed by atoms with Crippen molar-refractivity contribution >= 4 is 29.4 Å². The zero-order valence-electron chi connectivity index (χ0n) is 27.7. The van der Waals surface area contributed by atoms with Crippen LogP contribution in [0.1, 0.15) is 34.7 Å². The fraction of sp³-hybridized carbons (Fsp3) is 0.389. The molecule has 48 heavy (non-hydrogen) atoms. The highest BCUT2D eigenvalue weighted by molar-refractivity contribution is 5.93. The third-order valence-corrected chi connectivity index (χ3v) is 8.16. The number of aryl methyl sites for hydroxylation is 1. The molecule has 1 atom stereocenters. The lowest BCUT2D eigenvalue weighted by molar-refractivity contribution is -0.139. The van der Waals surface area contributed by atoms with Crippen molar-refractivity contribution in [1.29, 1.82) is 0 Å². The Balaban J connectivity index is 1.42. The largest absolute Gasteiger partial charge is 0.493 e. The van der Waals surface area contributed by atoms with Crippen molar-refractivity contribution in [2.75, 3.05) is 65.5 Å². The fourth-order valence-electron chi connectivity index (χ4n) is 5.44. The number of carboxylic acids is 1. The molecule has 1 fully saturated rings. The first-order valence-corrected chi connectivity index (χ1v) is 15.9. The van der Waals surface area contributed by atoms with E-state index < -0.39 is 17.9 Å². The molecule has 3 aromatic carbocycles. The Bertz CT molecular complexity index is 1560. The Morgan fingerprint density at radius 3 is 2.21 bits per heavy atom. The number of rotatable bonds is 16. The number of carboxylic acid groups (broad SMARTS) is 1. The molecule has 1 aliphatic rings. The molecular formula is C36H44N4O8. The number of carbonyl (C=O) groups is 4. The monoisotopic (exact) mass is 660 g/mol. The minimum atomic E-state index is -1.09. The minimum absolute atomic E-state index is 0.0559. The minimum Gasteiger partial charge on any atom is -0.493 e. The van der Waals surface area contributed by atoms with Gasteiger partial charge in [0.2, 0.25) is 17.7 Å². The molecule has 12 heteroatoms. The summed E-state index contributed by atoms with van der Waals surface area (Å²) in [5, 5.41) is 15.3. The van der Waals surface area contributed by atoms with E-state index in [0.717, 1.165) is 35.5 Å². The third-order valence-electron chi connectivity index (χ3n) is 8.16. The van der Waals surface area contributed by atoms with Gasteiger partial charge in [0.25, 0.3) is 0 Å². The third kappa shape index (κ3) is 10.8. The van der Waals surface area contributed by atoms with Crippen LogP contribution in [0.2, 0.25) is 0 Å². The van der Waals surface area contributed by atoms with Gasteiger partial charge in [0.1, 0.15) is 0 Å². The lowest BCUT2D eigenvalue weighted by Crippen LogP contribution is -2.47. The van der Waals surface area contributed by atoms with Crippen molar-refractivity contribution in [2.45, 2.75) is 32.2 Å². The van der Waals surface area contributed by atoms with Crippen LogP contribution in [0.5, 0.6) is 11.5 Å². The number of anilines is 1. The molecule has 3 aromatic rings. The van der Waals surface area contributed by atoms with E-state index in [0.29, 0.717) is 43.4 Å². The smallest absolute Gasteiger partial charge is 0.305 e. The molecule has 0 spiro atoms. The van der Waals surface area contributed by atoms with Crippen LogP contribution < -0.4 is 20.1 Å². The van der Waals surface area contributed by atoms with Gasteiger partial charge in [-0.15, -0.1) is 0 Å². The van der Waals surface area contributed by atoms with Crippen molar-refractivity contribution in [3.63, 3.8) is 0 Å². The highest BCUT2D eigenvalue weighted by Gasteiger charge is 2.24. The molecule has 1 aliphatic heterocycles. The molecule has 1 saturated heterocycles. The van der Waals surface area contributed by atoms with Crippen LogP contribution in [0.3, 0.4) is 0 Å². The van der Waals surface area contributed by atoms with Gasteiger partial charge in [0, 0.05) is 31.9 Å². The van der Waals surface area contributed by atoms with Crippen molar-refractivity contribution in [3.05, 3.63) is 89.0 Å². The van der Waals surface area contributed by atoms with Crippen LogP contribution in [0.15, 0.2) is 66.7 Å². The molecule has 0 aliphatic carbocycles. The molecule has 0 unspecified atom stereocenters. The van der Waals surface area contributed by atoms with E-state index in [1.165, 1.54) is 19.1 Å². The van der Waals surface area contributed by atoms with Gasteiger partial charge in [0.15, 0.2) is 11.5 Å². The van der Waals surface area contributed by atoms with Gasteiger partial charge in [0.05, 0.1) is 59.3 Å². The molecule has 4 rings (SSSR count). The second kappa shape index (κ2) is 17.8. The Labute approximate surface area is 281 Å². The Hall–Kier alpha value is -4.94. The van der Waals surface area contributed by atoms with E-state index in [1.54, 1.807) is 18.2 Å². The van der Waals surface area contributed by atoms with Gasteiger partial charge in [-0.1, -0.05) is 48.5 Å². The summed E-state index contributed by atoms with van der Waals surface area (Å²) in [6.07, 6.45) is -0.120. The molecule has 3 N–H and O–H groups in total. The van der Waals surface area contributed by atoms with Crippen molar-refractivity contribution in [1.82, 2.24) is 15.1 Å². The number of hydrogen-bond donors (Lipinski definition) is 3. The molecule has 0 bridgehead atoms. The van der Waals surface area contributed by atoms with E-state index in [1.807, 2.05) is 55.5 Å². The van der Waals surface area contributed by atoms with Crippen LogP contribution >= 0.6 is 0 Å². The lowest BCUT2D eigenvalue weighted by atomic mass is 10.0. The van der Waals surface area contributed by atoms with E-state index >= 15 is 0 Å². The van der Waals surface area contributed by atoms with E-state index in [2.05, 4.69) is 15.5 Å². The van der Waals surface area contributed by atoms with Gasteiger partial charge in [-0.25, -0.2) is 0 Å². The molecule has 12 nitrogen and oxygen atoms in total. The molecular weight excluding hydrogens is 616 g/mol. The summed E-state index contributed by atoms with van der Waals surface area (Å²) in [6, 6.07) is 18.9. The Morgan fingerprint density at radius 1 is 0.896 bits per heavy atom. The number of ether oxygens (including phenoxy) is 3. The van der Waals surface area contributed by atoms with Gasteiger partial charge in [-0.3, -0.25) is 24.1 Å². The first kappa shape index (κ1) is 35.9. The van der Waals surface area contributed by atoms with Crippen LogP contribution in [0.25, 0.3) is 0 Å². The predicted octanol–water partition coefficient (Wildman–Crippen LogP) is 3.23. The average Bonchev–Trinajstić information content (AvgIpc) is 3.08. The number of nitrogens with one attached hydrogen (secondary N) is 2. The number of amides is 3. The Kier molecular flexibility index (Phi) is 13.3. The molecule has 3 amide bonds. The predicted molar refractivity (Wildman–Crippen MR) is 180 cm³/mol.